The Morgan fingerprint density at radius 1 is 1.17 bits per heavy atom. The van der Waals surface area contributed by atoms with Gasteiger partial charge in [0.1, 0.15) is 5.76 Å². The van der Waals surface area contributed by atoms with Crippen LogP contribution in [0.2, 0.25) is 10.0 Å². The highest BCUT2D eigenvalue weighted by Gasteiger charge is 2.28. The van der Waals surface area contributed by atoms with E-state index in [1.54, 1.807) is 12.1 Å². The van der Waals surface area contributed by atoms with Crippen LogP contribution >= 0.6 is 23.2 Å². The number of rotatable bonds is 2. The molecule has 4 heteroatoms. The molecule has 0 bridgehead atoms. The van der Waals surface area contributed by atoms with E-state index in [1.165, 1.54) is 0 Å². The molecule has 0 spiro atoms. The van der Waals surface area contributed by atoms with Crippen LogP contribution in [0.25, 0.3) is 11.0 Å². The van der Waals surface area contributed by atoms with Gasteiger partial charge in [-0.15, -0.1) is 0 Å². The summed E-state index contributed by atoms with van der Waals surface area (Å²) in [4.78, 5) is 0. The minimum absolute atomic E-state index is 0.0432. The van der Waals surface area contributed by atoms with Crippen molar-refractivity contribution in [1.82, 2.24) is 5.32 Å². The molecule has 0 amide bonds. The fourth-order valence-corrected chi connectivity index (χ4v) is 2.63. The quantitative estimate of drug-likeness (QED) is 0.836. The molecule has 2 aromatic rings. The van der Waals surface area contributed by atoms with Gasteiger partial charge in [-0.05, 0) is 30.7 Å². The van der Waals surface area contributed by atoms with Gasteiger partial charge in [0.2, 0.25) is 0 Å². The van der Waals surface area contributed by atoms with Crippen molar-refractivity contribution in [2.45, 2.75) is 26.8 Å². The van der Waals surface area contributed by atoms with Crippen LogP contribution in [0.15, 0.2) is 22.6 Å². The van der Waals surface area contributed by atoms with Crippen molar-refractivity contribution in [3.8, 4) is 0 Å². The first-order valence-corrected chi connectivity index (χ1v) is 6.65. The molecule has 0 saturated carbocycles. The molecule has 1 heterocycles. The molecule has 0 aliphatic heterocycles. The molecule has 98 valence electrons. The zero-order valence-corrected chi connectivity index (χ0v) is 12.5. The molecule has 0 aliphatic rings. The van der Waals surface area contributed by atoms with Crippen LogP contribution in [-0.2, 0) is 0 Å². The summed E-state index contributed by atoms with van der Waals surface area (Å²) in [5, 5.41) is 5.39. The Kier molecular flexibility index (Phi) is 3.63. The number of furan rings is 1. The summed E-state index contributed by atoms with van der Waals surface area (Å²) in [6.45, 7) is 6.47. The SMILES string of the molecule is CNC(c1cc2c(Cl)ccc(Cl)c2o1)C(C)(C)C. The predicted molar refractivity (Wildman–Crippen MR) is 77.5 cm³/mol. The molecule has 1 N–H and O–H groups in total. The van der Waals surface area contributed by atoms with Gasteiger partial charge < -0.3 is 9.73 Å². The highest BCUT2D eigenvalue weighted by molar-refractivity contribution is 6.39. The first-order valence-electron chi connectivity index (χ1n) is 5.89. The number of hydrogen-bond acceptors (Lipinski definition) is 2. The topological polar surface area (TPSA) is 25.2 Å². The summed E-state index contributed by atoms with van der Waals surface area (Å²) in [6, 6.07) is 5.62. The molecule has 18 heavy (non-hydrogen) atoms. The lowest BCUT2D eigenvalue weighted by molar-refractivity contribution is 0.253. The number of benzene rings is 1. The zero-order chi connectivity index (χ0) is 13.5. The summed E-state index contributed by atoms with van der Waals surface area (Å²) in [5.74, 6) is 0.856. The van der Waals surface area contributed by atoms with Gasteiger partial charge in [-0.3, -0.25) is 0 Å². The van der Waals surface area contributed by atoms with E-state index in [2.05, 4.69) is 26.1 Å². The minimum Gasteiger partial charge on any atom is -0.458 e. The number of nitrogens with one attached hydrogen (secondary N) is 1. The van der Waals surface area contributed by atoms with Crippen LogP contribution in [0.5, 0.6) is 0 Å². The maximum atomic E-state index is 6.17. The van der Waals surface area contributed by atoms with Gasteiger partial charge in [-0.1, -0.05) is 44.0 Å². The lowest BCUT2D eigenvalue weighted by Gasteiger charge is -2.28. The van der Waals surface area contributed by atoms with Crippen LogP contribution < -0.4 is 5.32 Å². The van der Waals surface area contributed by atoms with Gasteiger partial charge in [0, 0.05) is 5.39 Å². The van der Waals surface area contributed by atoms with Gasteiger partial charge in [0.05, 0.1) is 16.1 Å². The Morgan fingerprint density at radius 3 is 2.28 bits per heavy atom. The Bertz CT molecular complexity index is 530. The van der Waals surface area contributed by atoms with Gasteiger partial charge in [-0.25, -0.2) is 0 Å². The smallest absolute Gasteiger partial charge is 0.154 e. The van der Waals surface area contributed by atoms with Crippen molar-refractivity contribution < 1.29 is 4.42 Å². The molecular weight excluding hydrogens is 269 g/mol. The van der Waals surface area contributed by atoms with Crippen LogP contribution in [0, 0.1) is 5.41 Å². The molecule has 1 aromatic carbocycles. The molecule has 2 rings (SSSR count). The zero-order valence-electron chi connectivity index (χ0n) is 11.0. The van der Waals surface area contributed by atoms with Gasteiger partial charge in [0.15, 0.2) is 5.58 Å². The van der Waals surface area contributed by atoms with E-state index >= 15 is 0 Å². The van der Waals surface area contributed by atoms with Gasteiger partial charge >= 0.3 is 0 Å². The maximum Gasteiger partial charge on any atom is 0.154 e. The molecular formula is C14H17Cl2NO. The fraction of sp³-hybridized carbons (Fsp3) is 0.429. The van der Waals surface area contributed by atoms with E-state index in [1.807, 2.05) is 13.1 Å². The monoisotopic (exact) mass is 285 g/mol. The Morgan fingerprint density at radius 2 is 1.78 bits per heavy atom. The Balaban J connectivity index is 2.60. The molecule has 0 fully saturated rings. The van der Waals surface area contributed by atoms with Crippen molar-refractivity contribution in [3.63, 3.8) is 0 Å². The predicted octanol–water partition coefficient (Wildman–Crippen LogP) is 5.05. The van der Waals surface area contributed by atoms with E-state index in [9.17, 15) is 0 Å². The highest BCUT2D eigenvalue weighted by Crippen LogP contribution is 2.39. The van der Waals surface area contributed by atoms with Crippen molar-refractivity contribution >= 4 is 34.2 Å². The van der Waals surface area contributed by atoms with Crippen molar-refractivity contribution in [1.29, 1.82) is 0 Å². The third kappa shape index (κ3) is 2.37. The third-order valence-corrected chi connectivity index (χ3v) is 3.67. The van der Waals surface area contributed by atoms with E-state index < -0.39 is 0 Å². The maximum absolute atomic E-state index is 6.17. The minimum atomic E-state index is 0.0432. The average Bonchev–Trinajstić information content (AvgIpc) is 2.68. The lowest BCUT2D eigenvalue weighted by Crippen LogP contribution is -2.29. The van der Waals surface area contributed by atoms with Gasteiger partial charge in [0.25, 0.3) is 0 Å². The second-order valence-electron chi connectivity index (χ2n) is 5.51. The molecule has 1 aromatic heterocycles. The van der Waals surface area contributed by atoms with E-state index in [-0.39, 0.29) is 11.5 Å². The normalized spacial score (nSPS) is 14.1. The molecule has 0 saturated heterocycles. The summed E-state index contributed by atoms with van der Waals surface area (Å²) in [5.41, 5.74) is 0.699. The molecule has 2 nitrogen and oxygen atoms in total. The fourth-order valence-electron chi connectivity index (χ4n) is 2.22. The van der Waals surface area contributed by atoms with Crippen molar-refractivity contribution in [2.75, 3.05) is 7.05 Å². The number of hydrogen-bond donors (Lipinski definition) is 1. The highest BCUT2D eigenvalue weighted by atomic mass is 35.5. The standard InChI is InChI=1S/C14H17Cl2NO/c1-14(2,3)13(17-4)11-7-8-9(15)5-6-10(16)12(8)18-11/h5-7,13,17H,1-4H3. The molecule has 0 aliphatic carbocycles. The Hall–Kier alpha value is -0.700. The summed E-state index contributed by atoms with van der Waals surface area (Å²) in [7, 11) is 1.92. The van der Waals surface area contributed by atoms with Crippen LogP contribution in [0.3, 0.4) is 0 Å². The first kappa shape index (κ1) is 13.7. The van der Waals surface area contributed by atoms with Crippen molar-refractivity contribution in [2.24, 2.45) is 5.41 Å². The van der Waals surface area contributed by atoms with E-state index in [0.717, 1.165) is 11.1 Å². The number of fused-ring (bicyclic) bond motifs is 1. The third-order valence-electron chi connectivity index (χ3n) is 3.04. The summed E-state index contributed by atoms with van der Waals surface area (Å²) in [6.07, 6.45) is 0. The second-order valence-corrected chi connectivity index (χ2v) is 6.32. The lowest BCUT2D eigenvalue weighted by atomic mass is 9.85. The average molecular weight is 286 g/mol. The first-order chi connectivity index (χ1) is 8.34. The van der Waals surface area contributed by atoms with Gasteiger partial charge in [-0.2, -0.15) is 0 Å². The molecule has 1 unspecified atom stereocenters. The Labute approximate surface area is 117 Å². The van der Waals surface area contributed by atoms with E-state index in [4.69, 9.17) is 27.6 Å². The van der Waals surface area contributed by atoms with Crippen LogP contribution in [0.1, 0.15) is 32.6 Å². The van der Waals surface area contributed by atoms with Crippen molar-refractivity contribution in [3.05, 3.63) is 34.0 Å². The number of halogens is 2. The second kappa shape index (κ2) is 4.76. The summed E-state index contributed by atoms with van der Waals surface area (Å²) >= 11 is 12.3. The van der Waals surface area contributed by atoms with Crippen LogP contribution in [-0.4, -0.2) is 7.05 Å². The molecule has 1 atom stereocenters. The van der Waals surface area contributed by atoms with Crippen LogP contribution in [0.4, 0.5) is 0 Å². The van der Waals surface area contributed by atoms with E-state index in [0.29, 0.717) is 15.6 Å². The summed E-state index contributed by atoms with van der Waals surface area (Å²) < 4.78 is 5.88. The molecule has 0 radical (unpaired) electrons. The largest absolute Gasteiger partial charge is 0.458 e.